The maximum atomic E-state index is 12.4. The zero-order chi connectivity index (χ0) is 20.9. The van der Waals surface area contributed by atoms with Crippen LogP contribution in [0, 0.1) is 0 Å². The molecule has 0 saturated carbocycles. The number of nitrogens with one attached hydrogen (secondary N) is 3. The van der Waals surface area contributed by atoms with Crippen LogP contribution in [0.25, 0.3) is 17.5 Å². The molecule has 4 rings (SSSR count). The molecule has 2 aromatic rings. The molecular formula is C22H31N7O. The van der Waals surface area contributed by atoms with E-state index < -0.39 is 0 Å². The Hall–Kier alpha value is -2.90. The SMILES string of the molecule is CCCNC(=O)N1CCC[C@@H]1CNc1nc(-c2c[nH]c3c2=CCCN=3)ncc1CC. The first-order valence-corrected chi connectivity index (χ1v) is 11.1. The van der Waals surface area contributed by atoms with Gasteiger partial charge in [-0.25, -0.2) is 14.8 Å². The predicted octanol–water partition coefficient (Wildman–Crippen LogP) is 1.83. The Balaban J connectivity index is 1.52. The lowest BCUT2D eigenvalue weighted by Gasteiger charge is -2.25. The minimum atomic E-state index is 0.0403. The second-order valence-electron chi connectivity index (χ2n) is 7.86. The molecule has 2 aliphatic heterocycles. The molecule has 0 aliphatic carbocycles. The van der Waals surface area contributed by atoms with Gasteiger partial charge in [0.25, 0.3) is 0 Å². The Morgan fingerprint density at radius 1 is 1.37 bits per heavy atom. The minimum Gasteiger partial charge on any atom is -0.368 e. The third kappa shape index (κ3) is 4.17. The molecule has 8 heteroatoms. The summed E-state index contributed by atoms with van der Waals surface area (Å²) < 4.78 is 0. The van der Waals surface area contributed by atoms with Gasteiger partial charge < -0.3 is 20.5 Å². The summed E-state index contributed by atoms with van der Waals surface area (Å²) in [4.78, 5) is 31.6. The highest BCUT2D eigenvalue weighted by molar-refractivity contribution is 5.75. The van der Waals surface area contributed by atoms with Crippen LogP contribution in [-0.2, 0) is 6.42 Å². The van der Waals surface area contributed by atoms with Crippen LogP contribution in [0.5, 0.6) is 0 Å². The molecule has 2 aromatic heterocycles. The van der Waals surface area contributed by atoms with Gasteiger partial charge in [-0.3, -0.25) is 4.99 Å². The number of aromatic amines is 1. The molecule has 3 N–H and O–H groups in total. The molecule has 4 heterocycles. The monoisotopic (exact) mass is 409 g/mol. The molecule has 0 unspecified atom stereocenters. The van der Waals surface area contributed by atoms with E-state index in [1.807, 2.05) is 17.3 Å². The highest BCUT2D eigenvalue weighted by atomic mass is 16.2. The number of aryl methyl sites for hydroxylation is 1. The lowest BCUT2D eigenvalue weighted by Crippen LogP contribution is -2.45. The Morgan fingerprint density at radius 2 is 2.27 bits per heavy atom. The second-order valence-corrected chi connectivity index (χ2v) is 7.86. The first kappa shape index (κ1) is 20.4. The third-order valence-electron chi connectivity index (χ3n) is 5.80. The summed E-state index contributed by atoms with van der Waals surface area (Å²) in [5, 5.41) is 7.60. The fraction of sp³-hybridized carbons (Fsp3) is 0.545. The fourth-order valence-corrected chi connectivity index (χ4v) is 4.14. The first-order valence-electron chi connectivity index (χ1n) is 11.1. The zero-order valence-electron chi connectivity index (χ0n) is 17.9. The number of aromatic nitrogens is 3. The van der Waals surface area contributed by atoms with Crippen LogP contribution in [0.3, 0.4) is 0 Å². The lowest BCUT2D eigenvalue weighted by molar-refractivity contribution is 0.195. The number of anilines is 1. The fourth-order valence-electron chi connectivity index (χ4n) is 4.14. The van der Waals surface area contributed by atoms with Crippen molar-refractivity contribution in [3.8, 4) is 11.4 Å². The van der Waals surface area contributed by atoms with Gasteiger partial charge in [-0.15, -0.1) is 0 Å². The highest BCUT2D eigenvalue weighted by Gasteiger charge is 2.28. The van der Waals surface area contributed by atoms with Crippen molar-refractivity contribution in [3.63, 3.8) is 0 Å². The van der Waals surface area contributed by atoms with Crippen LogP contribution in [0.2, 0.25) is 0 Å². The molecule has 1 atom stereocenters. The van der Waals surface area contributed by atoms with Crippen molar-refractivity contribution < 1.29 is 4.79 Å². The predicted molar refractivity (Wildman–Crippen MR) is 118 cm³/mol. The van der Waals surface area contributed by atoms with Gasteiger partial charge >= 0.3 is 6.03 Å². The Labute approximate surface area is 176 Å². The van der Waals surface area contributed by atoms with Crippen LogP contribution >= 0.6 is 0 Å². The maximum absolute atomic E-state index is 12.4. The number of nitrogens with zero attached hydrogens (tertiary/aromatic N) is 4. The Morgan fingerprint density at radius 3 is 3.10 bits per heavy atom. The molecule has 1 fully saturated rings. The molecule has 1 saturated heterocycles. The van der Waals surface area contributed by atoms with Crippen molar-refractivity contribution in [2.24, 2.45) is 4.99 Å². The summed E-state index contributed by atoms with van der Waals surface area (Å²) in [5.74, 6) is 1.55. The maximum Gasteiger partial charge on any atom is 0.317 e. The first-order chi connectivity index (χ1) is 14.7. The Bertz CT molecular complexity index is 1010. The van der Waals surface area contributed by atoms with Gasteiger partial charge in [-0.05, 0) is 32.1 Å². The number of carbonyl (C=O) groups is 1. The molecule has 2 amide bonds. The van der Waals surface area contributed by atoms with Gasteiger partial charge in [0, 0.05) is 54.9 Å². The largest absolute Gasteiger partial charge is 0.368 e. The van der Waals surface area contributed by atoms with Crippen LogP contribution in [0.15, 0.2) is 17.4 Å². The number of amides is 2. The number of urea groups is 1. The molecule has 160 valence electrons. The van der Waals surface area contributed by atoms with Crippen molar-refractivity contribution in [2.75, 3.05) is 31.5 Å². The smallest absolute Gasteiger partial charge is 0.317 e. The van der Waals surface area contributed by atoms with Crippen LogP contribution in [0.4, 0.5) is 10.6 Å². The summed E-state index contributed by atoms with van der Waals surface area (Å²) in [6.07, 6.45) is 10.8. The van der Waals surface area contributed by atoms with Crippen LogP contribution in [-0.4, -0.2) is 58.1 Å². The van der Waals surface area contributed by atoms with Crippen molar-refractivity contribution in [1.82, 2.24) is 25.2 Å². The number of hydrogen-bond acceptors (Lipinski definition) is 5. The van der Waals surface area contributed by atoms with E-state index >= 15 is 0 Å². The van der Waals surface area contributed by atoms with Gasteiger partial charge in [0.15, 0.2) is 5.82 Å². The topological polar surface area (TPSA) is 98.3 Å². The minimum absolute atomic E-state index is 0.0403. The number of hydrogen-bond donors (Lipinski definition) is 3. The van der Waals surface area contributed by atoms with Crippen LogP contribution in [0.1, 0.15) is 45.1 Å². The molecule has 0 aromatic carbocycles. The lowest BCUT2D eigenvalue weighted by atomic mass is 10.1. The molecule has 0 radical (unpaired) electrons. The third-order valence-corrected chi connectivity index (χ3v) is 5.80. The van der Waals surface area contributed by atoms with E-state index in [0.29, 0.717) is 12.4 Å². The van der Waals surface area contributed by atoms with Crippen molar-refractivity contribution in [3.05, 3.63) is 28.7 Å². The summed E-state index contributed by atoms with van der Waals surface area (Å²) in [7, 11) is 0. The van der Waals surface area contributed by atoms with Gasteiger partial charge in [0.1, 0.15) is 11.3 Å². The van der Waals surface area contributed by atoms with E-state index in [1.165, 1.54) is 0 Å². The summed E-state index contributed by atoms with van der Waals surface area (Å²) in [5.41, 5.74) is 2.98. The van der Waals surface area contributed by atoms with Crippen molar-refractivity contribution in [1.29, 1.82) is 0 Å². The zero-order valence-corrected chi connectivity index (χ0v) is 17.9. The van der Waals surface area contributed by atoms with Gasteiger partial charge in [0.2, 0.25) is 0 Å². The molecule has 0 bridgehead atoms. The number of carbonyl (C=O) groups excluding carboxylic acids is 1. The quantitative estimate of drug-likeness (QED) is 0.650. The standard InChI is InChI=1S/C22H31N7O/c1-3-9-24-22(30)29-11-6-7-16(29)13-26-19-15(4-2)12-25-21(28-19)18-14-27-20-17(18)8-5-10-23-20/h8,12,14,16H,3-7,9-11,13H2,1-2H3,(H,23,27)(H,24,30)(H,25,26,28)/t16-/m1/s1. The van der Waals surface area contributed by atoms with E-state index in [4.69, 9.17) is 4.98 Å². The summed E-state index contributed by atoms with van der Waals surface area (Å²) in [6.45, 7) is 7.21. The Kier molecular flexibility index (Phi) is 6.30. The number of fused-ring (bicyclic) bond motifs is 1. The summed E-state index contributed by atoms with van der Waals surface area (Å²) in [6, 6.07) is 0.218. The van der Waals surface area contributed by atoms with Gasteiger partial charge in [-0.1, -0.05) is 19.9 Å². The molecule has 0 spiro atoms. The van der Waals surface area contributed by atoms with Crippen molar-refractivity contribution in [2.45, 2.75) is 52.0 Å². The average molecular weight is 410 g/mol. The van der Waals surface area contributed by atoms with E-state index in [-0.39, 0.29) is 12.1 Å². The molecule has 30 heavy (non-hydrogen) atoms. The summed E-state index contributed by atoms with van der Waals surface area (Å²) >= 11 is 0. The molecule has 2 aliphatic rings. The van der Waals surface area contributed by atoms with Crippen LogP contribution < -0.4 is 21.3 Å². The van der Waals surface area contributed by atoms with Gasteiger partial charge in [-0.2, -0.15) is 0 Å². The number of rotatable bonds is 7. The van der Waals surface area contributed by atoms with E-state index in [9.17, 15) is 4.79 Å². The molecule has 8 nitrogen and oxygen atoms in total. The molecular weight excluding hydrogens is 378 g/mol. The van der Waals surface area contributed by atoms with E-state index in [1.54, 1.807) is 0 Å². The number of likely N-dealkylation sites (tertiary alicyclic amines) is 1. The van der Waals surface area contributed by atoms with Gasteiger partial charge in [0.05, 0.1) is 6.04 Å². The highest BCUT2D eigenvalue weighted by Crippen LogP contribution is 2.21. The average Bonchev–Trinajstić information content (AvgIpc) is 3.43. The van der Waals surface area contributed by atoms with E-state index in [2.05, 4.69) is 45.5 Å². The second kappa shape index (κ2) is 9.28. The van der Waals surface area contributed by atoms with Crippen molar-refractivity contribution >= 4 is 17.9 Å². The normalized spacial score (nSPS) is 17.8. The van der Waals surface area contributed by atoms with E-state index in [0.717, 1.165) is 79.4 Å². The number of H-pyrrole nitrogens is 1.